The summed E-state index contributed by atoms with van der Waals surface area (Å²) >= 11 is 9.97. The molecule has 1 aromatic heterocycles. The van der Waals surface area contributed by atoms with Crippen LogP contribution in [-0.2, 0) is 22.7 Å². The number of methoxy groups -OCH3 is 1. The molecule has 13 nitrogen and oxygen atoms in total. The third-order valence-electron chi connectivity index (χ3n) is 7.81. The van der Waals surface area contributed by atoms with Gasteiger partial charge >= 0.3 is 5.69 Å². The number of H-pyrrole nitrogens is 1. The van der Waals surface area contributed by atoms with Crippen LogP contribution in [0.1, 0.15) is 43.4 Å². The summed E-state index contributed by atoms with van der Waals surface area (Å²) in [6, 6.07) is 13.6. The van der Waals surface area contributed by atoms with Crippen molar-refractivity contribution in [3.8, 4) is 28.7 Å². The van der Waals surface area contributed by atoms with Crippen LogP contribution < -0.4 is 35.1 Å². The topological polar surface area (TPSA) is 168 Å². The molecule has 1 heterocycles. The average Bonchev–Trinajstić information content (AvgIpc) is 4.00. The van der Waals surface area contributed by atoms with Crippen LogP contribution in [0.3, 0.4) is 0 Å². The lowest BCUT2D eigenvalue weighted by molar-refractivity contribution is -0.123. The third-order valence-corrected chi connectivity index (χ3v) is 9.21. The number of nitrogens with zero attached hydrogens (tertiary/aromatic N) is 3. The van der Waals surface area contributed by atoms with Crippen molar-refractivity contribution in [1.29, 1.82) is 0 Å². The predicted octanol–water partition coefficient (Wildman–Crippen LogP) is 4.96. The van der Waals surface area contributed by atoms with E-state index in [0.29, 0.717) is 10.4 Å². The highest BCUT2D eigenvalue weighted by Crippen LogP contribution is 2.50. The summed E-state index contributed by atoms with van der Waals surface area (Å²) in [4.78, 5) is 39.2. The molecule has 1 amide bonds. The number of ether oxygens (including phenoxy) is 3. The summed E-state index contributed by atoms with van der Waals surface area (Å²) in [5.41, 5.74) is -4.41. The Morgan fingerprint density at radius 1 is 1.12 bits per heavy atom. The number of amides is 1. The maximum absolute atomic E-state index is 13.3. The molecule has 18 heteroatoms. The van der Waals surface area contributed by atoms with Crippen molar-refractivity contribution >= 4 is 46.1 Å². The first-order chi connectivity index (χ1) is 23.4. The SMILES string of the molecule is COc1ccc(COc2ccc(Oc3c(Cl)cc(-n4nc(C(F)F)c(=O)[nH]c4=O)cc3Cl)cc2N(S(=O)[O-])C2(C(=O)NC3CC3)CC2)cc1. The van der Waals surface area contributed by atoms with Crippen molar-refractivity contribution in [3.05, 3.63) is 96.7 Å². The molecule has 258 valence electrons. The molecular formula is C31H26Cl2F2N5O8S-. The Morgan fingerprint density at radius 3 is 2.35 bits per heavy atom. The van der Waals surface area contributed by atoms with E-state index >= 15 is 0 Å². The second kappa shape index (κ2) is 13.8. The molecule has 2 saturated carbocycles. The molecule has 1 unspecified atom stereocenters. The molecule has 6 rings (SSSR count). The Morgan fingerprint density at radius 2 is 1.78 bits per heavy atom. The van der Waals surface area contributed by atoms with Gasteiger partial charge in [0.2, 0.25) is 5.91 Å². The number of aromatic nitrogens is 3. The van der Waals surface area contributed by atoms with Gasteiger partial charge in [-0.15, -0.1) is 0 Å². The maximum Gasteiger partial charge on any atom is 0.349 e. The third kappa shape index (κ3) is 7.27. The van der Waals surface area contributed by atoms with Gasteiger partial charge in [0.1, 0.15) is 29.4 Å². The molecule has 2 aliphatic carbocycles. The molecule has 0 aliphatic heterocycles. The summed E-state index contributed by atoms with van der Waals surface area (Å²) in [5.74, 6) is 0.245. The molecule has 4 aromatic rings. The van der Waals surface area contributed by atoms with E-state index < -0.39 is 46.1 Å². The summed E-state index contributed by atoms with van der Waals surface area (Å²) in [5, 5.41) is 5.96. The van der Waals surface area contributed by atoms with Crippen molar-refractivity contribution in [2.45, 2.75) is 50.3 Å². The molecule has 0 radical (unpaired) electrons. The highest BCUT2D eigenvalue weighted by molar-refractivity contribution is 7.80. The predicted molar refractivity (Wildman–Crippen MR) is 174 cm³/mol. The number of carbonyl (C=O) groups is 1. The van der Waals surface area contributed by atoms with E-state index in [4.69, 9.17) is 37.4 Å². The zero-order valence-corrected chi connectivity index (χ0v) is 27.7. The highest BCUT2D eigenvalue weighted by Gasteiger charge is 2.57. The van der Waals surface area contributed by atoms with Gasteiger partial charge < -0.3 is 24.1 Å². The van der Waals surface area contributed by atoms with Crippen molar-refractivity contribution in [1.82, 2.24) is 20.1 Å². The second-order valence-corrected chi connectivity index (χ2v) is 12.9. The Hall–Kier alpha value is -4.51. The summed E-state index contributed by atoms with van der Waals surface area (Å²) in [7, 11) is 1.54. The minimum atomic E-state index is -3.26. The average molecular weight is 738 g/mol. The van der Waals surface area contributed by atoms with Crippen LogP contribution in [-0.4, -0.2) is 48.1 Å². The van der Waals surface area contributed by atoms with Gasteiger partial charge in [0.25, 0.3) is 12.0 Å². The van der Waals surface area contributed by atoms with Crippen molar-refractivity contribution in [2.24, 2.45) is 0 Å². The molecular weight excluding hydrogens is 711 g/mol. The molecule has 0 spiro atoms. The lowest BCUT2D eigenvalue weighted by Gasteiger charge is -2.35. The number of nitrogens with one attached hydrogen (secondary N) is 2. The van der Waals surface area contributed by atoms with Gasteiger partial charge in [0.05, 0.1) is 28.5 Å². The van der Waals surface area contributed by atoms with E-state index in [0.717, 1.165) is 34.8 Å². The number of rotatable bonds is 13. The normalized spacial score (nSPS) is 15.4. The second-order valence-electron chi connectivity index (χ2n) is 11.3. The lowest BCUT2D eigenvalue weighted by atomic mass is 10.2. The van der Waals surface area contributed by atoms with Crippen molar-refractivity contribution < 1.29 is 36.5 Å². The van der Waals surface area contributed by atoms with Crippen LogP contribution in [0.5, 0.6) is 23.0 Å². The Balaban J connectivity index is 1.35. The fourth-order valence-corrected chi connectivity index (χ4v) is 6.39. The molecule has 0 bridgehead atoms. The van der Waals surface area contributed by atoms with E-state index in [-0.39, 0.29) is 64.2 Å². The molecule has 2 N–H and O–H groups in total. The molecule has 2 fully saturated rings. The zero-order valence-electron chi connectivity index (χ0n) is 25.4. The Labute approximate surface area is 289 Å². The van der Waals surface area contributed by atoms with E-state index in [1.807, 2.05) is 0 Å². The minimum absolute atomic E-state index is 0.00942. The van der Waals surface area contributed by atoms with E-state index in [1.165, 1.54) is 25.3 Å². The number of hydrogen-bond acceptors (Lipinski definition) is 9. The van der Waals surface area contributed by atoms with E-state index in [9.17, 15) is 31.9 Å². The van der Waals surface area contributed by atoms with Gasteiger partial charge in [-0.2, -0.15) is 9.78 Å². The van der Waals surface area contributed by atoms with Crippen LogP contribution in [0.2, 0.25) is 10.0 Å². The smallest absolute Gasteiger partial charge is 0.349 e. The number of carbonyl (C=O) groups excluding carboxylic acids is 1. The summed E-state index contributed by atoms with van der Waals surface area (Å²) in [6.45, 7) is 0.0440. The number of alkyl halides is 2. The van der Waals surface area contributed by atoms with Crippen LogP contribution in [0.25, 0.3) is 5.69 Å². The maximum atomic E-state index is 13.3. The van der Waals surface area contributed by atoms with Gasteiger partial charge in [-0.05, 0) is 67.6 Å². The van der Waals surface area contributed by atoms with Crippen molar-refractivity contribution in [3.63, 3.8) is 0 Å². The standard InChI is InChI=1S/C31H27Cl2F2N5O8S/c1-46-19-6-2-16(3-7-19)15-47-24-9-8-20(14-23(24)40(49(44)45)31(10-11-31)29(42)36-17-4-5-17)48-26-21(32)12-18(13-22(26)33)39-30(43)37-28(41)25(38-39)27(34)35/h2-3,6-9,12-14,17,27H,4-5,10-11,15H2,1H3,(H,36,42)(H,44,45)(H,37,41,43)/p-1. The molecule has 0 saturated heterocycles. The minimum Gasteiger partial charge on any atom is -0.755 e. The van der Waals surface area contributed by atoms with Gasteiger partial charge in [0, 0.05) is 23.4 Å². The molecule has 3 aromatic carbocycles. The van der Waals surface area contributed by atoms with E-state index in [1.54, 1.807) is 29.2 Å². The van der Waals surface area contributed by atoms with Crippen LogP contribution >= 0.6 is 23.2 Å². The number of aromatic amines is 1. The van der Waals surface area contributed by atoms with Gasteiger partial charge in [-0.3, -0.25) is 23.1 Å². The molecule has 49 heavy (non-hydrogen) atoms. The van der Waals surface area contributed by atoms with E-state index in [2.05, 4.69) is 10.4 Å². The first-order valence-electron chi connectivity index (χ1n) is 14.7. The van der Waals surface area contributed by atoms with Gasteiger partial charge in [-0.25, -0.2) is 13.6 Å². The number of halogens is 4. The van der Waals surface area contributed by atoms with Crippen molar-refractivity contribution in [2.75, 3.05) is 11.4 Å². The van der Waals surface area contributed by atoms with Crippen LogP contribution in [0.4, 0.5) is 14.5 Å². The summed E-state index contributed by atoms with van der Waals surface area (Å²) in [6.07, 6.45) is -1.11. The quantitative estimate of drug-likeness (QED) is 0.180. The lowest BCUT2D eigenvalue weighted by Crippen LogP contribution is -2.51. The number of benzene rings is 3. The Bertz CT molecular complexity index is 2030. The zero-order chi connectivity index (χ0) is 35.0. The molecule has 2 aliphatic rings. The van der Waals surface area contributed by atoms with Crippen LogP contribution in [0.15, 0.2) is 64.2 Å². The first-order valence-corrected chi connectivity index (χ1v) is 16.5. The highest BCUT2D eigenvalue weighted by atomic mass is 35.5. The largest absolute Gasteiger partial charge is 0.755 e. The monoisotopic (exact) mass is 736 g/mol. The first kappa shape index (κ1) is 34.4. The van der Waals surface area contributed by atoms with Gasteiger partial charge in [0.15, 0.2) is 11.4 Å². The van der Waals surface area contributed by atoms with Gasteiger partial charge in [-0.1, -0.05) is 35.3 Å². The number of hydrogen-bond donors (Lipinski definition) is 2. The fourth-order valence-electron chi connectivity index (χ4n) is 4.98. The molecule has 1 atom stereocenters. The fraction of sp³-hybridized carbons (Fsp3) is 0.290. The number of anilines is 1. The Kier molecular flexibility index (Phi) is 9.66. The van der Waals surface area contributed by atoms with Crippen LogP contribution in [0, 0.1) is 0 Å². The summed E-state index contributed by atoms with van der Waals surface area (Å²) < 4.78 is 71.0.